The molecule has 11 aromatic rings. The quantitative estimate of drug-likeness (QED) is 0.0157. The zero-order valence-electron chi connectivity index (χ0n) is 74.3. The van der Waals surface area contributed by atoms with Gasteiger partial charge in [0.15, 0.2) is 17.5 Å². The molecule has 9 amide bonds. The zero-order valence-corrected chi connectivity index (χ0v) is 74.3. The molecule has 0 radical (unpaired) electrons. The summed E-state index contributed by atoms with van der Waals surface area (Å²) in [6.45, 7) is 15.2. The fraction of sp³-hybridized carbons (Fsp3) is 0.484. The van der Waals surface area contributed by atoms with E-state index in [9.17, 15) is 24.0 Å². The Bertz CT molecular complexity index is 5740. The summed E-state index contributed by atoms with van der Waals surface area (Å²) >= 11 is 0. The maximum Gasteiger partial charge on any atom is 0.243 e. The second-order valence-corrected chi connectivity index (χ2v) is 33.8. The summed E-state index contributed by atoms with van der Waals surface area (Å²) in [5.41, 5.74) is 36.6. The van der Waals surface area contributed by atoms with Crippen LogP contribution in [0.4, 0.5) is 17.5 Å². The summed E-state index contributed by atoms with van der Waals surface area (Å²) in [6, 6.07) is 15.3. The van der Waals surface area contributed by atoms with Crippen molar-refractivity contribution in [3.8, 4) is 0 Å². The van der Waals surface area contributed by atoms with E-state index in [4.69, 9.17) is 42.9 Å². The highest BCUT2D eigenvalue weighted by atomic mass is 16.2. The van der Waals surface area contributed by atoms with Crippen LogP contribution in [0.3, 0.4) is 0 Å². The number of nitrogens with two attached hydrogens (primary N) is 4. The van der Waals surface area contributed by atoms with Crippen LogP contribution in [0.5, 0.6) is 0 Å². The Labute approximate surface area is 740 Å². The Morgan fingerprint density at radius 1 is 0.449 bits per heavy atom. The third kappa shape index (κ3) is 24.1. The number of benzene rings is 3. The minimum absolute atomic E-state index is 0.0958. The summed E-state index contributed by atoms with van der Waals surface area (Å²) in [5.74, 6) is -1.86. The number of rotatable bonds is 51. The maximum atomic E-state index is 15.7. The monoisotopic (exact) mass is 1730 g/mol. The number of H-pyrrole nitrogens is 2. The Balaban J connectivity index is 0.764. The molecule has 12 rings (SSSR count). The highest BCUT2D eigenvalue weighted by Crippen LogP contribution is 2.37. The van der Waals surface area contributed by atoms with Gasteiger partial charge < -0.3 is 89.1 Å². The van der Waals surface area contributed by atoms with Crippen LogP contribution in [0.1, 0.15) is 234 Å². The number of nitrogen functional groups attached to an aromatic ring is 3. The van der Waals surface area contributed by atoms with E-state index in [0.29, 0.717) is 123 Å². The van der Waals surface area contributed by atoms with Gasteiger partial charge in [-0.25, -0.2) is 29.9 Å². The topological polar surface area (TPSA) is 478 Å². The molecule has 0 spiro atoms. The first-order valence-electron chi connectivity index (χ1n) is 45.7. The summed E-state index contributed by atoms with van der Waals surface area (Å²) in [5, 5.41) is 25.7. The van der Waals surface area contributed by atoms with Crippen molar-refractivity contribution in [1.82, 2.24) is 96.1 Å². The smallest absolute Gasteiger partial charge is 0.243 e. The molecule has 18 N–H and O–H groups in total. The second kappa shape index (κ2) is 45.4. The molecule has 8 heterocycles. The SMILES string of the molecule is CCCCCC(=O)N[C@@H](CCC(=O)NCCCCn1c(CCCC)nc2c(N)nc3c(c21)C=CCC3C)C(=O)NC(Cc1c[nH]c2ccccc12)C(=O)N[C@@H](CCC(=O)NCCCCn1c(CCCC)nc2c(N)nc3ccccc3c21)C(=O)NC(Cc1c[nH]c2ccccc12)C(=O)N[C@@H](CCC(=O)NCCCCn1c(CCCC)nc2c(N)ncc(C)c21)C(N)=O. The van der Waals surface area contributed by atoms with E-state index in [1.54, 1.807) is 18.6 Å². The third-order valence-electron chi connectivity index (χ3n) is 24.1. The minimum Gasteiger partial charge on any atom is -0.382 e. The summed E-state index contributed by atoms with van der Waals surface area (Å²) in [6.07, 6.45) is 22.6. The predicted octanol–water partition coefficient (Wildman–Crippen LogP) is 11.0. The summed E-state index contributed by atoms with van der Waals surface area (Å²) < 4.78 is 6.64. The lowest BCUT2D eigenvalue weighted by Gasteiger charge is -2.27. The number of pyridine rings is 3. The number of nitrogens with zero attached hydrogens (tertiary/aromatic N) is 9. The van der Waals surface area contributed by atoms with Crippen LogP contribution in [-0.2, 0) is 94.9 Å². The second-order valence-electron chi connectivity index (χ2n) is 33.8. The Morgan fingerprint density at radius 3 is 1.39 bits per heavy atom. The molecule has 3 aromatic carbocycles. The molecule has 0 fully saturated rings. The average Bonchev–Trinajstić information content (AvgIpc) is 1.62. The van der Waals surface area contributed by atoms with Gasteiger partial charge in [0, 0.05) is 154 Å². The van der Waals surface area contributed by atoms with Gasteiger partial charge in [-0.1, -0.05) is 133 Å². The first kappa shape index (κ1) is 93.4. The number of para-hydroxylation sites is 3. The van der Waals surface area contributed by atoms with Crippen LogP contribution >= 0.6 is 0 Å². The fourth-order valence-corrected chi connectivity index (χ4v) is 17.1. The van der Waals surface area contributed by atoms with Crippen molar-refractivity contribution in [2.75, 3.05) is 36.8 Å². The molecule has 32 nitrogen and oxygen atoms in total. The van der Waals surface area contributed by atoms with Crippen molar-refractivity contribution >= 4 is 143 Å². The number of allylic oxidation sites excluding steroid dienone is 1. The molecular formula is C95H127N23O9. The normalized spacial score (nSPS) is 13.8. The number of unbranched alkanes of at least 4 members (excludes halogenated alkanes) is 8. The molecule has 0 bridgehead atoms. The minimum atomic E-state index is -1.59. The summed E-state index contributed by atoms with van der Waals surface area (Å²) in [7, 11) is 0. The predicted molar refractivity (Wildman–Crippen MR) is 497 cm³/mol. The first-order valence-corrected chi connectivity index (χ1v) is 45.7. The lowest BCUT2D eigenvalue weighted by atomic mass is 9.92. The van der Waals surface area contributed by atoms with Crippen molar-refractivity contribution in [3.63, 3.8) is 0 Å². The third-order valence-corrected chi connectivity index (χ3v) is 24.1. The van der Waals surface area contributed by atoms with E-state index in [1.807, 2.05) is 86.6 Å². The van der Waals surface area contributed by atoms with Crippen molar-refractivity contribution in [1.29, 1.82) is 0 Å². The standard InChI is InChI=1S/C95H127N23O9/c1-7-11-15-40-80(122)106-70(42-45-78(120)101-49-24-27-52-118-76(39-14-10-4)114-84-87(118)65-33-28-29-58(5)81(65)115-90(84)98)92(124)110-73(54-61-57-104-67-35-20-17-31-63(61)67)95(127)109-71(43-46-79(121)102-48-23-26-51-117-75(38-13-9-3)113-83-86(117)64-32-18-21-36-68(64)107-89(83)97)93(125)111-72(53-60-56-103-66-34-19-16-30-62(60)66)94(126)108-69(91(99)123)41-44-77(119)100-47-22-25-50-116-74(37-12-8-2)112-82-85(116)59(6)55-105-88(82)96/h16-21,28,30-36,55-58,69-73,103-104H,7-15,22-27,29,37-54H2,1-6H3,(H2,96,105)(H2,97,107)(H2,98,115)(H2,99,123)(H,100,119)(H,101,120)(H,102,121)(H,106,122)(H,108,126)(H,109,127)(H,110,124)(H,111,125)/t58?,69-,70-,71-,72?,73?/m0/s1. The molecule has 0 saturated carbocycles. The van der Waals surface area contributed by atoms with Gasteiger partial charge in [-0.05, 0) is 132 Å². The Kier molecular flexibility index (Phi) is 33.4. The number of aryl methyl sites for hydroxylation is 7. The van der Waals surface area contributed by atoms with E-state index in [2.05, 4.69) is 116 Å². The number of nitrogens with one attached hydrogen (secondary N) is 10. The largest absolute Gasteiger partial charge is 0.382 e. The number of carbonyl (C=O) groups excluding carboxylic acids is 9. The van der Waals surface area contributed by atoms with Crippen molar-refractivity contribution in [3.05, 3.63) is 143 Å². The summed E-state index contributed by atoms with van der Waals surface area (Å²) in [4.78, 5) is 166. The van der Waals surface area contributed by atoms with Gasteiger partial charge in [-0.2, -0.15) is 0 Å². The van der Waals surface area contributed by atoms with E-state index in [1.165, 1.54) is 0 Å². The van der Waals surface area contributed by atoms with Crippen LogP contribution in [0.15, 0.2) is 97.5 Å². The van der Waals surface area contributed by atoms with Gasteiger partial charge in [0.25, 0.3) is 0 Å². The number of anilines is 3. The van der Waals surface area contributed by atoms with E-state index in [-0.39, 0.29) is 82.1 Å². The average molecular weight is 1740 g/mol. The molecule has 3 unspecified atom stereocenters. The lowest BCUT2D eigenvalue weighted by Crippen LogP contribution is -2.59. The van der Waals surface area contributed by atoms with Crippen LogP contribution in [-0.4, -0.2) is 157 Å². The van der Waals surface area contributed by atoms with Crippen LogP contribution in [0.2, 0.25) is 0 Å². The molecule has 0 aliphatic heterocycles. The molecule has 8 aromatic heterocycles. The molecule has 676 valence electrons. The highest BCUT2D eigenvalue weighted by Gasteiger charge is 2.35. The number of fused-ring (bicyclic) bond motifs is 9. The number of hydrogen-bond acceptors (Lipinski definition) is 18. The van der Waals surface area contributed by atoms with Crippen molar-refractivity contribution in [2.24, 2.45) is 5.73 Å². The number of carbonyl (C=O) groups is 9. The van der Waals surface area contributed by atoms with E-state index in [0.717, 1.165) is 161 Å². The maximum absolute atomic E-state index is 15.7. The van der Waals surface area contributed by atoms with Crippen molar-refractivity contribution < 1.29 is 43.2 Å². The van der Waals surface area contributed by atoms with Crippen molar-refractivity contribution in [2.45, 2.75) is 277 Å². The number of hydrogen-bond donors (Lipinski definition) is 14. The van der Waals surface area contributed by atoms with Gasteiger partial charge in [-0.3, -0.25) is 43.2 Å². The van der Waals surface area contributed by atoms with Gasteiger partial charge >= 0.3 is 0 Å². The van der Waals surface area contributed by atoms with Gasteiger partial charge in [0.2, 0.25) is 53.2 Å². The molecule has 127 heavy (non-hydrogen) atoms. The molecule has 1 aliphatic rings. The number of aromatic nitrogens is 11. The number of amides is 9. The van der Waals surface area contributed by atoms with Crippen LogP contribution in [0, 0.1) is 6.92 Å². The fourth-order valence-electron chi connectivity index (χ4n) is 17.1. The molecule has 0 saturated heterocycles. The lowest BCUT2D eigenvalue weighted by molar-refractivity contribution is -0.135. The van der Waals surface area contributed by atoms with Crippen LogP contribution < -0.4 is 65.5 Å². The first-order chi connectivity index (χ1) is 61.5. The highest BCUT2D eigenvalue weighted by molar-refractivity contribution is 6.07. The van der Waals surface area contributed by atoms with E-state index < -0.39 is 71.6 Å². The number of primary amides is 1. The van der Waals surface area contributed by atoms with Gasteiger partial charge in [0.1, 0.15) is 64.2 Å². The molecule has 1 aliphatic carbocycles. The van der Waals surface area contributed by atoms with Gasteiger partial charge in [0.05, 0.1) is 27.8 Å². The van der Waals surface area contributed by atoms with Crippen LogP contribution in [0.25, 0.3) is 71.9 Å². The Morgan fingerprint density at radius 2 is 0.874 bits per heavy atom. The molecular weight excluding hydrogens is 1610 g/mol. The number of imidazole rings is 3. The number of aromatic amines is 2. The molecule has 32 heteroatoms. The zero-order chi connectivity index (χ0) is 90.0. The Hall–Kier alpha value is -12.8. The molecule has 6 atom stereocenters. The van der Waals surface area contributed by atoms with Gasteiger partial charge in [-0.15, -0.1) is 0 Å². The van der Waals surface area contributed by atoms with E-state index >= 15 is 19.2 Å².